The van der Waals surface area contributed by atoms with Crippen molar-refractivity contribution < 1.29 is 17.9 Å². The zero-order valence-electron chi connectivity index (χ0n) is 16.3. The molecule has 2 heterocycles. The Kier molecular flexibility index (Phi) is 5.08. The number of fused-ring (bicyclic) bond motifs is 1. The van der Waals surface area contributed by atoms with Gasteiger partial charge in [0.1, 0.15) is 12.6 Å². The van der Waals surface area contributed by atoms with Crippen LogP contribution in [0.25, 0.3) is 0 Å². The Bertz CT molecular complexity index is 1220. The first-order chi connectivity index (χ1) is 14.3. The Morgan fingerprint density at radius 1 is 1.13 bits per heavy atom. The average Bonchev–Trinajstić information content (AvgIpc) is 3.19. The van der Waals surface area contributed by atoms with Crippen LogP contribution in [0.15, 0.2) is 70.8 Å². The second-order valence-corrected chi connectivity index (χ2v) is 8.93. The monoisotopic (exact) mass is 425 g/mol. The summed E-state index contributed by atoms with van der Waals surface area (Å²) in [6.45, 7) is 1.87. The van der Waals surface area contributed by atoms with E-state index in [0.717, 1.165) is 11.8 Å². The Hall–Kier alpha value is -3.53. The van der Waals surface area contributed by atoms with E-state index in [2.05, 4.69) is 20.8 Å². The molecule has 0 saturated carbocycles. The van der Waals surface area contributed by atoms with Gasteiger partial charge in [0.2, 0.25) is 5.95 Å². The largest absolute Gasteiger partial charge is 0.457 e. The van der Waals surface area contributed by atoms with Gasteiger partial charge < -0.3 is 10.1 Å². The van der Waals surface area contributed by atoms with Gasteiger partial charge in [0.05, 0.1) is 10.5 Å². The molecule has 0 spiro atoms. The standard InChI is InChI=1S/C20H19N5O4S/c1-13-17(19(26)29-12-14-6-4-3-5-7-14)18(25-20(21-13)22-23-24-25)15-8-10-16(11-9-15)30(2,27)28/h3-11,18H,12H2,1-2H3,(H,21,22,24). The van der Waals surface area contributed by atoms with Gasteiger partial charge in [-0.25, -0.2) is 13.2 Å². The summed E-state index contributed by atoms with van der Waals surface area (Å²) in [6.07, 6.45) is 1.14. The minimum Gasteiger partial charge on any atom is -0.457 e. The minimum atomic E-state index is -3.34. The third kappa shape index (κ3) is 3.81. The Labute approximate surface area is 173 Å². The van der Waals surface area contributed by atoms with Crippen molar-refractivity contribution in [2.24, 2.45) is 0 Å². The molecule has 0 fully saturated rings. The molecule has 0 radical (unpaired) electrons. The van der Waals surface area contributed by atoms with Crippen LogP contribution < -0.4 is 5.32 Å². The van der Waals surface area contributed by atoms with Crippen LogP contribution in [0.3, 0.4) is 0 Å². The van der Waals surface area contributed by atoms with Gasteiger partial charge in [-0.3, -0.25) is 0 Å². The second-order valence-electron chi connectivity index (χ2n) is 6.92. The number of tetrazole rings is 1. The maximum atomic E-state index is 13.0. The van der Waals surface area contributed by atoms with Crippen LogP contribution in [0.4, 0.5) is 5.95 Å². The molecule has 1 aliphatic rings. The van der Waals surface area contributed by atoms with Crippen molar-refractivity contribution in [1.29, 1.82) is 0 Å². The van der Waals surface area contributed by atoms with E-state index in [-0.39, 0.29) is 11.5 Å². The summed E-state index contributed by atoms with van der Waals surface area (Å²) in [6, 6.07) is 15.0. The van der Waals surface area contributed by atoms with Crippen molar-refractivity contribution in [3.8, 4) is 0 Å². The van der Waals surface area contributed by atoms with Crippen LogP contribution in [0.1, 0.15) is 24.1 Å². The van der Waals surface area contributed by atoms with Gasteiger partial charge in [-0.15, -0.1) is 0 Å². The Morgan fingerprint density at radius 3 is 2.50 bits per heavy atom. The van der Waals surface area contributed by atoms with Crippen molar-refractivity contribution in [2.75, 3.05) is 11.6 Å². The van der Waals surface area contributed by atoms with Crippen molar-refractivity contribution in [2.45, 2.75) is 24.5 Å². The summed E-state index contributed by atoms with van der Waals surface area (Å²) in [5.74, 6) is -0.133. The highest BCUT2D eigenvalue weighted by Crippen LogP contribution is 2.35. The number of allylic oxidation sites excluding steroid dienone is 1. The fourth-order valence-corrected chi connectivity index (χ4v) is 3.91. The molecule has 1 unspecified atom stereocenters. The fourth-order valence-electron chi connectivity index (χ4n) is 3.28. The molecule has 1 N–H and O–H groups in total. The average molecular weight is 425 g/mol. The lowest BCUT2D eigenvalue weighted by Crippen LogP contribution is -2.29. The van der Waals surface area contributed by atoms with E-state index in [0.29, 0.717) is 22.8 Å². The molecule has 0 bridgehead atoms. The number of carbonyl (C=O) groups excluding carboxylic acids is 1. The number of hydrogen-bond acceptors (Lipinski definition) is 8. The van der Waals surface area contributed by atoms with Gasteiger partial charge in [0.15, 0.2) is 9.84 Å². The van der Waals surface area contributed by atoms with Crippen LogP contribution in [0, 0.1) is 0 Å². The lowest BCUT2D eigenvalue weighted by Gasteiger charge is -2.27. The SMILES string of the molecule is CC1=C(C(=O)OCc2ccccc2)C(c2ccc(S(C)(=O)=O)cc2)n2nnnc2N1. The predicted molar refractivity (Wildman–Crippen MR) is 108 cm³/mol. The number of aromatic nitrogens is 4. The van der Waals surface area contributed by atoms with E-state index in [1.165, 1.54) is 16.8 Å². The number of carbonyl (C=O) groups is 1. The molecule has 1 aromatic heterocycles. The number of rotatable bonds is 5. The topological polar surface area (TPSA) is 116 Å². The number of sulfone groups is 1. The molecule has 3 aromatic rings. The molecular weight excluding hydrogens is 406 g/mol. The summed E-state index contributed by atoms with van der Waals surface area (Å²) < 4.78 is 30.6. The van der Waals surface area contributed by atoms with E-state index < -0.39 is 21.8 Å². The molecule has 0 amide bonds. The first kappa shape index (κ1) is 19.8. The molecule has 9 nitrogen and oxygen atoms in total. The summed E-state index contributed by atoms with van der Waals surface area (Å²) in [5, 5.41) is 14.6. The van der Waals surface area contributed by atoms with Crippen molar-refractivity contribution in [1.82, 2.24) is 20.2 Å². The molecule has 0 saturated heterocycles. The number of nitrogens with one attached hydrogen (secondary N) is 1. The summed E-state index contributed by atoms with van der Waals surface area (Å²) in [5.41, 5.74) is 2.43. The summed E-state index contributed by atoms with van der Waals surface area (Å²) in [4.78, 5) is 13.2. The molecule has 30 heavy (non-hydrogen) atoms. The van der Waals surface area contributed by atoms with Gasteiger partial charge in [0.25, 0.3) is 0 Å². The zero-order chi connectivity index (χ0) is 21.3. The number of hydrogen-bond donors (Lipinski definition) is 1. The lowest BCUT2D eigenvalue weighted by atomic mass is 9.96. The van der Waals surface area contributed by atoms with Crippen molar-refractivity contribution in [3.05, 3.63) is 77.0 Å². The van der Waals surface area contributed by atoms with Gasteiger partial charge in [0, 0.05) is 12.0 Å². The molecule has 10 heteroatoms. The maximum Gasteiger partial charge on any atom is 0.338 e. The summed E-state index contributed by atoms with van der Waals surface area (Å²) in [7, 11) is -3.34. The van der Waals surface area contributed by atoms with Crippen LogP contribution >= 0.6 is 0 Å². The second kappa shape index (κ2) is 7.71. The maximum absolute atomic E-state index is 13.0. The van der Waals surface area contributed by atoms with Gasteiger partial charge in [-0.2, -0.15) is 4.68 Å². The number of anilines is 1. The number of ether oxygens (including phenoxy) is 1. The molecule has 1 aliphatic heterocycles. The van der Waals surface area contributed by atoms with Crippen molar-refractivity contribution >= 4 is 21.8 Å². The number of esters is 1. The number of nitrogens with zero attached hydrogens (tertiary/aromatic N) is 4. The number of benzene rings is 2. The molecule has 154 valence electrons. The molecular formula is C20H19N5O4S. The van der Waals surface area contributed by atoms with Crippen LogP contribution in [-0.2, 0) is 26.0 Å². The molecule has 1 atom stereocenters. The highest BCUT2D eigenvalue weighted by Gasteiger charge is 2.35. The Balaban J connectivity index is 1.69. The van der Waals surface area contributed by atoms with Gasteiger partial charge in [-0.1, -0.05) is 47.6 Å². The van der Waals surface area contributed by atoms with Gasteiger partial charge in [-0.05, 0) is 40.6 Å². The molecule has 2 aromatic carbocycles. The molecule has 4 rings (SSSR count). The van der Waals surface area contributed by atoms with Crippen LogP contribution in [0.5, 0.6) is 0 Å². The van der Waals surface area contributed by atoms with Crippen LogP contribution in [-0.4, -0.2) is 40.9 Å². The third-order valence-corrected chi connectivity index (χ3v) is 5.90. The van der Waals surface area contributed by atoms with Crippen molar-refractivity contribution in [3.63, 3.8) is 0 Å². The summed E-state index contributed by atoms with van der Waals surface area (Å²) >= 11 is 0. The quantitative estimate of drug-likeness (QED) is 0.618. The fraction of sp³-hybridized carbons (Fsp3) is 0.200. The van der Waals surface area contributed by atoms with E-state index in [1.54, 1.807) is 19.1 Å². The lowest BCUT2D eigenvalue weighted by molar-refractivity contribution is -0.140. The Morgan fingerprint density at radius 2 is 1.83 bits per heavy atom. The highest BCUT2D eigenvalue weighted by molar-refractivity contribution is 7.90. The van der Waals surface area contributed by atoms with Gasteiger partial charge >= 0.3 is 5.97 Å². The predicted octanol–water partition coefficient (Wildman–Crippen LogP) is 2.11. The minimum absolute atomic E-state index is 0.124. The normalized spacial score (nSPS) is 16.0. The van der Waals surface area contributed by atoms with E-state index >= 15 is 0 Å². The first-order valence-corrected chi connectivity index (χ1v) is 11.0. The van der Waals surface area contributed by atoms with E-state index in [4.69, 9.17) is 4.74 Å². The molecule has 0 aliphatic carbocycles. The van der Waals surface area contributed by atoms with E-state index in [1.807, 2.05) is 30.3 Å². The first-order valence-electron chi connectivity index (χ1n) is 9.11. The zero-order valence-corrected chi connectivity index (χ0v) is 17.1. The van der Waals surface area contributed by atoms with E-state index in [9.17, 15) is 13.2 Å². The third-order valence-electron chi connectivity index (χ3n) is 4.77. The van der Waals surface area contributed by atoms with Crippen LogP contribution in [0.2, 0.25) is 0 Å². The smallest absolute Gasteiger partial charge is 0.338 e. The highest BCUT2D eigenvalue weighted by atomic mass is 32.2.